The summed E-state index contributed by atoms with van der Waals surface area (Å²) >= 11 is 0. The normalized spacial score (nSPS) is 10.8. The lowest BCUT2D eigenvalue weighted by Gasteiger charge is -2.02. The molecule has 0 aliphatic carbocycles. The number of nitrogen functional groups attached to an aromatic ring is 1. The maximum absolute atomic E-state index is 5.71. The summed E-state index contributed by atoms with van der Waals surface area (Å²) in [6.45, 7) is 0. The van der Waals surface area contributed by atoms with E-state index in [1.807, 2.05) is 18.2 Å². The molecule has 0 radical (unpaired) electrons. The molecule has 4 heteroatoms. The minimum Gasteiger partial charge on any atom is -0.397 e. The Hall–Kier alpha value is -2.36. The second-order valence-corrected chi connectivity index (χ2v) is 3.68. The Bertz CT molecular complexity index is 642. The lowest BCUT2D eigenvalue weighted by Crippen LogP contribution is -1.87. The van der Waals surface area contributed by atoms with Crippen LogP contribution < -0.4 is 5.73 Å². The molecule has 2 aromatic heterocycles. The molecule has 16 heavy (non-hydrogen) atoms. The smallest absolute Gasteiger partial charge is 0.0650 e. The first-order chi connectivity index (χ1) is 7.83. The number of nitrogens with one attached hydrogen (secondary N) is 1. The summed E-state index contributed by atoms with van der Waals surface area (Å²) in [5, 5.41) is 7.99. The van der Waals surface area contributed by atoms with Crippen molar-refractivity contribution in [1.82, 2.24) is 15.2 Å². The topological polar surface area (TPSA) is 67.6 Å². The fraction of sp³-hybridized carbons (Fsp3) is 0. The third-order valence-electron chi connectivity index (χ3n) is 2.53. The number of aromatic amines is 1. The number of benzene rings is 1. The van der Waals surface area contributed by atoms with Gasteiger partial charge in [-0.25, -0.2) is 0 Å². The standard InChI is InChI=1S/C12H10N4/c13-11-4-9(5-14-7-11)8-1-2-12-10(3-8)6-15-16-12/h1-7H,13H2,(H,15,16). The van der Waals surface area contributed by atoms with Gasteiger partial charge in [-0.3, -0.25) is 10.1 Å². The van der Waals surface area contributed by atoms with Gasteiger partial charge in [-0.1, -0.05) is 6.07 Å². The van der Waals surface area contributed by atoms with E-state index >= 15 is 0 Å². The lowest BCUT2D eigenvalue weighted by molar-refractivity contribution is 1.12. The Morgan fingerprint density at radius 1 is 1.00 bits per heavy atom. The predicted molar refractivity (Wildman–Crippen MR) is 63.7 cm³/mol. The zero-order valence-corrected chi connectivity index (χ0v) is 8.51. The van der Waals surface area contributed by atoms with Crippen LogP contribution in [-0.2, 0) is 0 Å². The highest BCUT2D eigenvalue weighted by Crippen LogP contribution is 2.23. The Balaban J connectivity index is 2.18. The van der Waals surface area contributed by atoms with Crippen LogP contribution >= 0.6 is 0 Å². The van der Waals surface area contributed by atoms with Crippen molar-refractivity contribution >= 4 is 16.6 Å². The van der Waals surface area contributed by atoms with Crippen LogP contribution in [0.4, 0.5) is 5.69 Å². The van der Waals surface area contributed by atoms with Crippen LogP contribution in [0.5, 0.6) is 0 Å². The summed E-state index contributed by atoms with van der Waals surface area (Å²) in [5.41, 5.74) is 9.52. The molecule has 3 rings (SSSR count). The Labute approximate surface area is 92.1 Å². The first kappa shape index (κ1) is 8.91. The lowest BCUT2D eigenvalue weighted by atomic mass is 10.1. The molecule has 0 saturated heterocycles. The Kier molecular flexibility index (Phi) is 1.86. The number of fused-ring (bicyclic) bond motifs is 1. The quantitative estimate of drug-likeness (QED) is 0.647. The molecule has 0 atom stereocenters. The molecule has 0 aliphatic rings. The van der Waals surface area contributed by atoms with Gasteiger partial charge in [-0.2, -0.15) is 5.10 Å². The molecule has 0 bridgehead atoms. The summed E-state index contributed by atoms with van der Waals surface area (Å²) in [5.74, 6) is 0. The molecule has 3 N–H and O–H groups in total. The third-order valence-corrected chi connectivity index (χ3v) is 2.53. The summed E-state index contributed by atoms with van der Waals surface area (Å²) in [4.78, 5) is 4.08. The van der Waals surface area contributed by atoms with Gasteiger partial charge in [0.25, 0.3) is 0 Å². The van der Waals surface area contributed by atoms with Gasteiger partial charge in [0.1, 0.15) is 0 Å². The van der Waals surface area contributed by atoms with Crippen LogP contribution in [0.25, 0.3) is 22.0 Å². The number of H-pyrrole nitrogens is 1. The van der Waals surface area contributed by atoms with E-state index in [9.17, 15) is 0 Å². The highest BCUT2D eigenvalue weighted by Gasteiger charge is 2.01. The fourth-order valence-corrected chi connectivity index (χ4v) is 1.74. The molecule has 2 heterocycles. The van der Waals surface area contributed by atoms with E-state index in [-0.39, 0.29) is 0 Å². The van der Waals surface area contributed by atoms with Crippen LogP contribution in [0.3, 0.4) is 0 Å². The minimum absolute atomic E-state index is 0.671. The zero-order chi connectivity index (χ0) is 11.0. The van der Waals surface area contributed by atoms with Gasteiger partial charge < -0.3 is 5.73 Å². The summed E-state index contributed by atoms with van der Waals surface area (Å²) in [6.07, 6.45) is 5.25. The molecule has 78 valence electrons. The van der Waals surface area contributed by atoms with Crippen molar-refractivity contribution in [2.75, 3.05) is 5.73 Å². The first-order valence-corrected chi connectivity index (χ1v) is 4.97. The van der Waals surface area contributed by atoms with Crippen LogP contribution in [-0.4, -0.2) is 15.2 Å². The number of anilines is 1. The number of aromatic nitrogens is 3. The van der Waals surface area contributed by atoms with E-state index < -0.39 is 0 Å². The molecule has 1 aromatic carbocycles. The number of pyridine rings is 1. The van der Waals surface area contributed by atoms with Gasteiger partial charge >= 0.3 is 0 Å². The average Bonchev–Trinajstić information content (AvgIpc) is 2.75. The van der Waals surface area contributed by atoms with Gasteiger partial charge in [0, 0.05) is 23.3 Å². The summed E-state index contributed by atoms with van der Waals surface area (Å²) in [6, 6.07) is 8.00. The van der Waals surface area contributed by atoms with E-state index in [4.69, 9.17) is 5.73 Å². The SMILES string of the molecule is Nc1cncc(-c2ccc3[nH]ncc3c2)c1. The van der Waals surface area contributed by atoms with E-state index in [0.717, 1.165) is 22.0 Å². The number of nitrogens with zero attached hydrogens (tertiary/aromatic N) is 2. The van der Waals surface area contributed by atoms with Gasteiger partial charge in [0.2, 0.25) is 0 Å². The monoisotopic (exact) mass is 210 g/mol. The first-order valence-electron chi connectivity index (χ1n) is 4.97. The van der Waals surface area contributed by atoms with E-state index in [1.165, 1.54) is 0 Å². The van der Waals surface area contributed by atoms with Crippen LogP contribution in [0, 0.1) is 0 Å². The molecule has 4 nitrogen and oxygen atoms in total. The molecular formula is C12H10N4. The molecule has 0 spiro atoms. The third kappa shape index (κ3) is 1.40. The number of rotatable bonds is 1. The number of hydrogen-bond acceptors (Lipinski definition) is 3. The van der Waals surface area contributed by atoms with Gasteiger partial charge in [0.05, 0.1) is 17.4 Å². The second kappa shape index (κ2) is 3.34. The van der Waals surface area contributed by atoms with Crippen molar-refractivity contribution < 1.29 is 0 Å². The second-order valence-electron chi connectivity index (χ2n) is 3.68. The number of nitrogens with two attached hydrogens (primary N) is 1. The Morgan fingerprint density at radius 3 is 2.81 bits per heavy atom. The molecule has 0 fully saturated rings. The molecule has 0 aliphatic heterocycles. The molecular weight excluding hydrogens is 200 g/mol. The van der Waals surface area contributed by atoms with E-state index in [1.54, 1.807) is 18.6 Å². The highest BCUT2D eigenvalue weighted by atomic mass is 15.1. The van der Waals surface area contributed by atoms with Crippen molar-refractivity contribution in [2.24, 2.45) is 0 Å². The van der Waals surface area contributed by atoms with Gasteiger partial charge in [-0.05, 0) is 23.8 Å². The largest absolute Gasteiger partial charge is 0.397 e. The molecule has 0 saturated carbocycles. The number of hydrogen-bond donors (Lipinski definition) is 2. The van der Waals surface area contributed by atoms with Gasteiger partial charge in [-0.15, -0.1) is 0 Å². The fourth-order valence-electron chi connectivity index (χ4n) is 1.74. The molecule has 3 aromatic rings. The van der Waals surface area contributed by atoms with Crippen LogP contribution in [0.1, 0.15) is 0 Å². The minimum atomic E-state index is 0.671. The van der Waals surface area contributed by atoms with Crippen molar-refractivity contribution in [2.45, 2.75) is 0 Å². The van der Waals surface area contributed by atoms with Crippen molar-refractivity contribution in [1.29, 1.82) is 0 Å². The van der Waals surface area contributed by atoms with E-state index in [2.05, 4.69) is 21.2 Å². The Morgan fingerprint density at radius 2 is 1.94 bits per heavy atom. The van der Waals surface area contributed by atoms with Crippen molar-refractivity contribution in [3.8, 4) is 11.1 Å². The van der Waals surface area contributed by atoms with Crippen LogP contribution in [0.15, 0.2) is 42.9 Å². The maximum atomic E-state index is 5.71. The van der Waals surface area contributed by atoms with Crippen molar-refractivity contribution in [3.63, 3.8) is 0 Å². The predicted octanol–water partition coefficient (Wildman–Crippen LogP) is 2.21. The summed E-state index contributed by atoms with van der Waals surface area (Å²) < 4.78 is 0. The maximum Gasteiger partial charge on any atom is 0.0650 e. The van der Waals surface area contributed by atoms with Crippen LogP contribution in [0.2, 0.25) is 0 Å². The summed E-state index contributed by atoms with van der Waals surface area (Å²) in [7, 11) is 0. The molecule has 0 unspecified atom stereocenters. The zero-order valence-electron chi connectivity index (χ0n) is 8.51. The van der Waals surface area contributed by atoms with Gasteiger partial charge in [0.15, 0.2) is 0 Å². The van der Waals surface area contributed by atoms with E-state index in [0.29, 0.717) is 5.69 Å². The molecule has 0 amide bonds. The van der Waals surface area contributed by atoms with Crippen molar-refractivity contribution in [3.05, 3.63) is 42.9 Å². The average molecular weight is 210 g/mol. The highest BCUT2D eigenvalue weighted by molar-refractivity contribution is 5.84.